The number of hydrogen-bond donors (Lipinski definition) is 4. The van der Waals surface area contributed by atoms with E-state index in [1.807, 2.05) is 73.1 Å². The third-order valence-electron chi connectivity index (χ3n) is 18.0. The molecule has 8 heterocycles. The van der Waals surface area contributed by atoms with Gasteiger partial charge < -0.3 is 35.4 Å². The summed E-state index contributed by atoms with van der Waals surface area (Å²) in [6.45, 7) is 21.8. The van der Waals surface area contributed by atoms with E-state index in [9.17, 15) is 14.4 Å². The fraction of sp³-hybridized carbons (Fsp3) is 0.418. The number of rotatable bonds is 25. The molecule has 0 atom stereocenters. The number of aliphatic imine (C=N–C) groups is 4. The molecule has 105 heavy (non-hydrogen) atoms. The van der Waals surface area contributed by atoms with Gasteiger partial charge in [-0.3, -0.25) is 29.2 Å². The first-order valence-corrected chi connectivity index (χ1v) is 47.4. The van der Waals surface area contributed by atoms with Gasteiger partial charge in [-0.25, -0.2) is 14.1 Å². The van der Waals surface area contributed by atoms with Gasteiger partial charge in [-0.1, -0.05) is 106 Å². The number of anilines is 1. The molecule has 0 radical (unpaired) electrons. The Labute approximate surface area is 696 Å². The van der Waals surface area contributed by atoms with Crippen LogP contribution < -0.4 is 62.4 Å². The van der Waals surface area contributed by atoms with E-state index in [4.69, 9.17) is 63.4 Å². The Kier molecular flexibility index (Phi) is 43.9. The topological polar surface area (TPSA) is 231 Å². The molecule has 0 bridgehead atoms. The Morgan fingerprint density at radius 2 is 1.13 bits per heavy atom. The maximum atomic E-state index is 10.9. The van der Waals surface area contributed by atoms with Crippen molar-refractivity contribution in [3.63, 3.8) is 0 Å². The van der Waals surface area contributed by atoms with Gasteiger partial charge in [0.05, 0.1) is 63.9 Å². The van der Waals surface area contributed by atoms with Gasteiger partial charge in [-0.05, 0) is 195 Å². The second-order valence-electron chi connectivity index (χ2n) is 27.0. The molecule has 6 aliphatic heterocycles. The number of aromatic nitrogens is 2. The molecule has 10 rings (SSSR count). The second kappa shape index (κ2) is 47.9. The first-order valence-electron chi connectivity index (χ1n) is 34.1. The monoisotopic (exact) mass is 1860 g/mol. The Morgan fingerprint density at radius 1 is 0.648 bits per heavy atom. The molecule has 566 valence electrons. The quantitative estimate of drug-likeness (QED) is 0.0160. The van der Waals surface area contributed by atoms with Gasteiger partial charge in [-0.2, -0.15) is 0 Å². The van der Waals surface area contributed by atoms with Crippen molar-refractivity contribution in [2.75, 3.05) is 52.1 Å². The number of aryl methyl sites for hydroxylation is 2. The molecule has 0 fully saturated rings. The van der Waals surface area contributed by atoms with E-state index < -0.39 is 23.9 Å². The summed E-state index contributed by atoms with van der Waals surface area (Å²) in [5, 5.41) is 40.2. The Balaban J connectivity index is 0.000000565. The molecule has 0 spiro atoms. The maximum absolute atomic E-state index is 10.9. The molecule has 0 unspecified atom stereocenters. The van der Waals surface area contributed by atoms with E-state index in [1.54, 1.807) is 0 Å². The summed E-state index contributed by atoms with van der Waals surface area (Å²) in [6.07, 6.45) is 31.0. The van der Waals surface area contributed by atoms with Crippen LogP contribution in [0.25, 0.3) is 0 Å². The summed E-state index contributed by atoms with van der Waals surface area (Å²) in [5.74, 6) is -0.285. The Bertz CT molecular complexity index is 3960. The normalized spacial score (nSPS) is 17.6. The number of carboxylic acids is 4. The number of pyridine rings is 2. The number of carbonyl (C=O) groups excluding carboxylic acids is 1. The molecular formula is C79H103Cl4I3N10NaO8+. The van der Waals surface area contributed by atoms with E-state index in [0.29, 0.717) is 26.1 Å². The third kappa shape index (κ3) is 29.8. The van der Waals surface area contributed by atoms with Gasteiger partial charge in [0.15, 0.2) is 5.71 Å². The zero-order valence-corrected chi connectivity index (χ0v) is 73.1. The van der Waals surface area contributed by atoms with Gasteiger partial charge in [0, 0.05) is 109 Å². The standard InChI is InChI=1S/C40H50ClN5O4.C20H20ClN3.C16H22N2O2.C2H4O2.CH4.2ClH.I3.Na/c1-39(2)30-14-12-24-45(22-10-6-8-16-34(47)48)37(30)42-32(39)20-18-28-26-44(5)27-29(36(28)41)19-21-33-40(3,4)31-15-13-25-46(38(31)43-33)23-11-7-9-17-35(49)50;1-24-14-16(12-22-18-8-4-2-5-9-18)20(21)17(15-24)13-23-19-10-6-3-7-11-19;1-12-16(2,3)13-8-7-11-18(15(13)17-12)10-6-4-5-9-14(19)20;1-2(3)4;;;;1-3-2;/h12-15,18-21,24-25H,6-11,16-17,22-23,26-27H2,1-5H3,(H-,47,48,49,50);2-13,22H,14-15H2,1H3;7-8,11H,4-6,9-10H2,1-3H3;1H3,(H,3,4);1H4;2*1H;;/q;;;;;;;-1;+1/p+1/b;16-12+,23-13?;;;;;;;. The first-order chi connectivity index (χ1) is 48.1. The molecule has 4 aromatic rings. The third-order valence-corrected chi connectivity index (χ3v) is 19.0. The van der Waals surface area contributed by atoms with Gasteiger partial charge in [0.25, 0.3) is 0 Å². The van der Waals surface area contributed by atoms with Crippen molar-refractivity contribution in [2.24, 2.45) is 25.4 Å². The van der Waals surface area contributed by atoms with E-state index in [2.05, 4.69) is 213 Å². The van der Waals surface area contributed by atoms with Crippen LogP contribution in [0.3, 0.4) is 0 Å². The van der Waals surface area contributed by atoms with Crippen molar-refractivity contribution in [1.82, 2.24) is 14.7 Å². The molecule has 4 N–H and O–H groups in total. The van der Waals surface area contributed by atoms with E-state index in [-0.39, 0.29) is 97.3 Å². The molecule has 0 aliphatic carbocycles. The number of nitrogens with zero attached hydrogens (tertiary/aromatic N) is 9. The maximum Gasteiger partial charge on any atom is 1.00 e. The summed E-state index contributed by atoms with van der Waals surface area (Å²) in [7, 11) is 4.18. The number of fused-ring (bicyclic) bond motifs is 3. The number of amidine groups is 1. The van der Waals surface area contributed by atoms with Crippen LogP contribution in [-0.4, -0.2) is 124 Å². The zero-order valence-electron chi connectivity index (χ0n) is 61.5. The number of unbranched alkanes of at least 4 members (excludes halogenated alkanes) is 6. The average molecular weight is 1870 g/mol. The van der Waals surface area contributed by atoms with Crippen molar-refractivity contribution in [3.05, 3.63) is 201 Å². The smallest absolute Gasteiger partial charge is 1.00 e. The van der Waals surface area contributed by atoms with Crippen molar-refractivity contribution >= 4 is 156 Å². The van der Waals surface area contributed by atoms with E-state index in [1.165, 1.54) is 16.7 Å². The molecule has 0 saturated heterocycles. The predicted octanol–water partition coefficient (Wildman–Crippen LogP) is 11.5. The molecular weight excluding hydrogens is 1760 g/mol. The van der Waals surface area contributed by atoms with E-state index >= 15 is 0 Å². The molecule has 0 saturated carbocycles. The molecule has 0 amide bonds. The predicted molar refractivity (Wildman–Crippen MR) is 441 cm³/mol. The van der Waals surface area contributed by atoms with Gasteiger partial charge in [0.2, 0.25) is 0 Å². The summed E-state index contributed by atoms with van der Waals surface area (Å²) in [5.41, 5.74) is 12.4. The minimum Gasteiger partial charge on any atom is 1.00 e. The number of carboxylic acid groups (broad SMARTS) is 4. The second-order valence-corrected chi connectivity index (χ2v) is 44.0. The molecule has 18 nitrogen and oxygen atoms in total. The number of halogens is 7. The summed E-state index contributed by atoms with van der Waals surface area (Å²) in [6, 6.07) is 28.4. The average Bonchev–Trinajstić information content (AvgIpc) is 1.63. The number of benzene rings is 2. The number of allylic oxidation sites excluding steroid dienone is 6. The molecule has 6 aliphatic rings. The Morgan fingerprint density at radius 3 is 1.68 bits per heavy atom. The number of carbonyl (C=O) groups is 4. The minimum atomic E-state index is -1.08. The molecule has 2 aromatic heterocycles. The molecule has 26 heteroatoms. The van der Waals surface area contributed by atoms with Gasteiger partial charge >= 0.3 is 110 Å². The zero-order chi connectivity index (χ0) is 73.9. The van der Waals surface area contributed by atoms with E-state index in [0.717, 1.165) is 176 Å². The fourth-order valence-corrected chi connectivity index (χ4v) is 12.6. The van der Waals surface area contributed by atoms with Crippen LogP contribution in [0.5, 0.6) is 0 Å². The first kappa shape index (κ1) is 96.2. The fourth-order valence-electron chi connectivity index (χ4n) is 12.1. The number of likely N-dealkylation sites (N-methyl/N-ethyl adjacent to an activating group) is 2. The van der Waals surface area contributed by atoms with Crippen LogP contribution in [0.1, 0.15) is 151 Å². The SMILES string of the molecule is C.CC(=O)[O-].CC1=Nc2c(ccc[n+]2CCCCCC(=O)O)C1(C)C.CN1CC(/C=C/C2=Nc3c(ccc[n+]3CCCCCC(=O)O)C2(C)C)=C(Cl)C(=C/C=C2/N=C3C(=CC=CN3CCCCCC(=O)O)C2(C)C)/C1.CN1CC(C=Nc2ccccc2)=C(Cl)/C(=C/Nc2ccccc2)C1.Cl.Cl.I[I-]I.[Na+]. The number of nitrogens with one attached hydrogen (secondary N) is 1. The number of para-hydroxylation sites is 2. The summed E-state index contributed by atoms with van der Waals surface area (Å²) < 4.78 is 4.37. The van der Waals surface area contributed by atoms with Crippen molar-refractivity contribution in [2.45, 2.75) is 164 Å². The largest absolute Gasteiger partial charge is 1.00 e. The summed E-state index contributed by atoms with van der Waals surface area (Å²) in [4.78, 5) is 67.2. The summed E-state index contributed by atoms with van der Waals surface area (Å²) >= 11 is 19.0. The van der Waals surface area contributed by atoms with Crippen LogP contribution in [0.15, 0.2) is 210 Å². The van der Waals surface area contributed by atoms with Crippen LogP contribution in [-0.2, 0) is 43.1 Å². The van der Waals surface area contributed by atoms with Gasteiger partial charge in [0.1, 0.15) is 11.5 Å². The Hall–Kier alpha value is -4.91. The van der Waals surface area contributed by atoms with Crippen molar-refractivity contribution < 1.29 is 91.6 Å². The van der Waals surface area contributed by atoms with Crippen LogP contribution in [0, 0.1) is 5.41 Å². The van der Waals surface area contributed by atoms with Gasteiger partial charge in [-0.15, -0.1) is 24.8 Å². The number of hydrogen-bond acceptors (Lipinski definition) is 13. The van der Waals surface area contributed by atoms with Crippen LogP contribution in [0.4, 0.5) is 23.0 Å². The minimum absolute atomic E-state index is 0. The van der Waals surface area contributed by atoms with Crippen molar-refractivity contribution in [1.29, 1.82) is 0 Å². The number of aliphatic carboxylic acids is 4. The molecule has 2 aromatic carbocycles. The van der Waals surface area contributed by atoms with Crippen LogP contribution >= 0.6 is 85.2 Å². The van der Waals surface area contributed by atoms with Crippen LogP contribution in [0.2, 0.25) is 0 Å². The van der Waals surface area contributed by atoms with Crippen molar-refractivity contribution in [3.8, 4) is 0 Å².